The second kappa shape index (κ2) is 20.2. The van der Waals surface area contributed by atoms with Crippen LogP contribution in [0.15, 0.2) is 6.20 Å². The monoisotopic (exact) mass is 655 g/mol. The molecule has 2 atom stereocenters. The van der Waals surface area contributed by atoms with E-state index in [9.17, 15) is 19.8 Å². The smallest absolute Gasteiger partial charge is 0.322 e. The molecule has 18 nitrogen and oxygen atoms in total. The number of carboxylic acids is 1. The van der Waals surface area contributed by atoms with Gasteiger partial charge >= 0.3 is 12.0 Å². The van der Waals surface area contributed by atoms with Gasteiger partial charge in [0.25, 0.3) is 0 Å². The Morgan fingerprint density at radius 2 is 1.78 bits per heavy atom. The lowest BCUT2D eigenvalue weighted by Crippen LogP contribution is -3.00. The van der Waals surface area contributed by atoms with Crippen LogP contribution in [0.25, 0.3) is 0 Å². The number of terminal acetylenes is 1. The molecule has 0 bridgehead atoms. The highest BCUT2D eigenvalue weighted by molar-refractivity contribution is 5.81. The molecule has 250 valence electrons. The molecule has 1 saturated heterocycles. The van der Waals surface area contributed by atoms with E-state index < -0.39 is 18.1 Å². The summed E-state index contributed by atoms with van der Waals surface area (Å²) in [5.74, 6) is 1.75. The SMILES string of the molecule is C#CCOCCOCCOCCNc1nc(OC)nc(N2CCN(C(=O)C(CCC(=O)O)n3cc(C(N)CO)nn3)CC2)n1.[Cl-]. The molecule has 3 rings (SSSR count). The third-order valence-electron chi connectivity index (χ3n) is 6.46. The van der Waals surface area contributed by atoms with Crippen molar-refractivity contribution in [2.75, 3.05) is 96.3 Å². The number of piperazine rings is 1. The molecule has 1 fully saturated rings. The van der Waals surface area contributed by atoms with Crippen LogP contribution in [-0.4, -0.2) is 143 Å². The van der Waals surface area contributed by atoms with Crippen LogP contribution in [0.2, 0.25) is 0 Å². The largest absolute Gasteiger partial charge is 1.00 e. The molecule has 19 heteroatoms. The minimum Gasteiger partial charge on any atom is -1.00 e. The number of aliphatic hydroxyl groups is 1. The molecule has 2 aromatic rings. The van der Waals surface area contributed by atoms with Gasteiger partial charge in [0.15, 0.2) is 0 Å². The van der Waals surface area contributed by atoms with Gasteiger partial charge in [-0.05, 0) is 6.42 Å². The van der Waals surface area contributed by atoms with Gasteiger partial charge in [-0.1, -0.05) is 11.1 Å². The first-order chi connectivity index (χ1) is 21.4. The van der Waals surface area contributed by atoms with Crippen molar-refractivity contribution in [2.45, 2.75) is 24.9 Å². The van der Waals surface area contributed by atoms with E-state index >= 15 is 0 Å². The maximum atomic E-state index is 13.5. The predicted octanol–water partition coefficient (Wildman–Crippen LogP) is -4.68. The van der Waals surface area contributed by atoms with E-state index in [2.05, 4.69) is 36.5 Å². The van der Waals surface area contributed by atoms with Crippen LogP contribution in [0, 0.1) is 12.3 Å². The van der Waals surface area contributed by atoms with Crippen LogP contribution in [0.4, 0.5) is 11.9 Å². The first kappa shape index (κ1) is 37.3. The average Bonchev–Trinajstić information content (AvgIpc) is 3.53. The summed E-state index contributed by atoms with van der Waals surface area (Å²) >= 11 is 0. The number of anilines is 2. The van der Waals surface area contributed by atoms with E-state index in [1.54, 1.807) is 4.90 Å². The van der Waals surface area contributed by atoms with Crippen molar-refractivity contribution < 1.29 is 51.2 Å². The zero-order chi connectivity index (χ0) is 31.7. The summed E-state index contributed by atoms with van der Waals surface area (Å²) in [5, 5.41) is 29.5. The van der Waals surface area contributed by atoms with Gasteiger partial charge in [-0.25, -0.2) is 4.68 Å². The molecule has 3 heterocycles. The Labute approximate surface area is 267 Å². The minimum absolute atomic E-state index is 0. The number of nitrogens with zero attached hydrogens (tertiary/aromatic N) is 8. The second-order valence-corrected chi connectivity index (χ2v) is 9.53. The molecule has 0 spiro atoms. The number of halogens is 1. The van der Waals surface area contributed by atoms with E-state index in [1.807, 2.05) is 4.90 Å². The van der Waals surface area contributed by atoms with E-state index in [4.69, 9.17) is 31.1 Å². The molecule has 2 unspecified atom stereocenters. The molecule has 2 aromatic heterocycles. The van der Waals surface area contributed by atoms with Gasteiger partial charge < -0.3 is 62.4 Å². The molecule has 0 aliphatic carbocycles. The number of methoxy groups -OCH3 is 1. The first-order valence-corrected chi connectivity index (χ1v) is 14.1. The number of nitrogens with one attached hydrogen (secondary N) is 1. The van der Waals surface area contributed by atoms with Crippen molar-refractivity contribution in [1.82, 2.24) is 34.8 Å². The van der Waals surface area contributed by atoms with Gasteiger partial charge in [0.2, 0.25) is 17.8 Å². The normalized spacial score (nSPS) is 14.3. The van der Waals surface area contributed by atoms with Gasteiger partial charge in [-0.3, -0.25) is 9.59 Å². The van der Waals surface area contributed by atoms with Crippen LogP contribution in [0.3, 0.4) is 0 Å². The summed E-state index contributed by atoms with van der Waals surface area (Å²) in [6, 6.07) is -1.52. The van der Waals surface area contributed by atoms with Crippen molar-refractivity contribution in [2.24, 2.45) is 5.73 Å². The van der Waals surface area contributed by atoms with Gasteiger partial charge in [0, 0.05) is 39.1 Å². The number of amides is 1. The Hall–Kier alpha value is -3.86. The third kappa shape index (κ3) is 12.2. The highest BCUT2D eigenvalue weighted by Crippen LogP contribution is 2.21. The van der Waals surface area contributed by atoms with Crippen molar-refractivity contribution >= 4 is 23.8 Å². The highest BCUT2D eigenvalue weighted by Gasteiger charge is 2.31. The van der Waals surface area contributed by atoms with Crippen molar-refractivity contribution in [3.8, 4) is 18.4 Å². The summed E-state index contributed by atoms with van der Waals surface area (Å²) in [4.78, 5) is 41.4. The van der Waals surface area contributed by atoms with Crippen LogP contribution in [0.1, 0.15) is 30.6 Å². The number of hydrogen-bond acceptors (Lipinski definition) is 15. The van der Waals surface area contributed by atoms with E-state index in [0.29, 0.717) is 83.3 Å². The van der Waals surface area contributed by atoms with Crippen LogP contribution < -0.4 is 33.1 Å². The van der Waals surface area contributed by atoms with Crippen molar-refractivity contribution in [3.63, 3.8) is 0 Å². The summed E-state index contributed by atoms with van der Waals surface area (Å²) in [5.41, 5.74) is 6.12. The van der Waals surface area contributed by atoms with Gasteiger partial charge in [-0.2, -0.15) is 15.0 Å². The molecule has 1 amide bonds. The fourth-order valence-electron chi connectivity index (χ4n) is 4.14. The van der Waals surface area contributed by atoms with Crippen molar-refractivity contribution in [1.29, 1.82) is 0 Å². The maximum Gasteiger partial charge on any atom is 0.322 e. The minimum atomic E-state index is -1.04. The molecular formula is C26H40ClN10O8-. The van der Waals surface area contributed by atoms with Gasteiger partial charge in [0.05, 0.1) is 59.0 Å². The molecule has 0 radical (unpaired) electrons. The first-order valence-electron chi connectivity index (χ1n) is 14.1. The lowest BCUT2D eigenvalue weighted by Gasteiger charge is -2.36. The van der Waals surface area contributed by atoms with Crippen LogP contribution >= 0.6 is 0 Å². The Bertz CT molecular complexity index is 1220. The van der Waals surface area contributed by atoms with Crippen molar-refractivity contribution in [3.05, 3.63) is 11.9 Å². The number of aliphatic carboxylic acids is 1. The van der Waals surface area contributed by atoms with Gasteiger partial charge in [-0.15, -0.1) is 11.5 Å². The fourth-order valence-corrected chi connectivity index (χ4v) is 4.14. The topological polar surface area (TPSA) is 225 Å². The number of carbonyl (C=O) groups excluding carboxylic acids is 1. The molecule has 5 N–H and O–H groups in total. The summed E-state index contributed by atoms with van der Waals surface area (Å²) in [6.45, 7) is 3.95. The number of aliphatic hydroxyl groups excluding tert-OH is 1. The lowest BCUT2D eigenvalue weighted by atomic mass is 10.1. The number of nitrogens with two attached hydrogens (primary N) is 1. The number of carboxylic acid groups (broad SMARTS) is 1. The summed E-state index contributed by atoms with van der Waals surface area (Å²) < 4.78 is 22.6. The van der Waals surface area contributed by atoms with Crippen LogP contribution in [-0.2, 0) is 23.8 Å². The molecule has 0 saturated carbocycles. The quantitative estimate of drug-likeness (QED) is 0.0776. The van der Waals surface area contributed by atoms with Gasteiger partial charge in [0.1, 0.15) is 18.3 Å². The fraction of sp³-hybridized carbons (Fsp3) is 0.654. The van der Waals surface area contributed by atoms with Crippen LogP contribution in [0.5, 0.6) is 6.01 Å². The highest BCUT2D eigenvalue weighted by atomic mass is 35.5. The third-order valence-corrected chi connectivity index (χ3v) is 6.46. The number of ether oxygens (including phenoxy) is 4. The summed E-state index contributed by atoms with van der Waals surface area (Å²) in [6.07, 6.45) is 6.35. The number of aromatic nitrogens is 6. The van der Waals surface area contributed by atoms with E-state index in [1.165, 1.54) is 18.0 Å². The Morgan fingerprint density at radius 3 is 2.42 bits per heavy atom. The Kier molecular flexibility index (Phi) is 16.8. The lowest BCUT2D eigenvalue weighted by molar-refractivity contribution is -0.138. The zero-order valence-corrected chi connectivity index (χ0v) is 25.8. The number of carbonyl (C=O) groups is 2. The molecular weight excluding hydrogens is 616 g/mol. The Balaban J connectivity index is 0.00000705. The van der Waals surface area contributed by atoms with E-state index in [0.717, 1.165) is 0 Å². The molecule has 1 aliphatic heterocycles. The zero-order valence-electron chi connectivity index (χ0n) is 25.1. The van der Waals surface area contributed by atoms with E-state index in [-0.39, 0.29) is 50.4 Å². The predicted molar refractivity (Wildman–Crippen MR) is 155 cm³/mol. The summed E-state index contributed by atoms with van der Waals surface area (Å²) in [7, 11) is 1.46. The molecule has 1 aliphatic rings. The molecule has 0 aromatic carbocycles. The average molecular weight is 656 g/mol. The maximum absolute atomic E-state index is 13.5. The second-order valence-electron chi connectivity index (χ2n) is 9.53. The molecule has 45 heavy (non-hydrogen) atoms. The number of hydrogen-bond donors (Lipinski definition) is 4. The standard InChI is InChI=1S/C26H40N10O8.ClH/c1-3-11-42-13-15-44-16-14-43-12-6-28-24-29-25(31-26(30-24)41-2)35-9-7-34(8-10-35)23(40)21(4-5-22(38)39)36-17-20(32-33-36)19(27)18-37;/h1,17,19,21,37H,4-16,18,27H2,2H3,(H,38,39)(H,28,29,30,31);1H/p-1. The Morgan fingerprint density at radius 1 is 1.09 bits per heavy atom. The number of rotatable bonds is 20.